The van der Waals surface area contributed by atoms with Crippen LogP contribution in [0.4, 0.5) is 9.18 Å². The molecule has 0 bridgehead atoms. The first-order valence-corrected chi connectivity index (χ1v) is 7.58. The maximum absolute atomic E-state index is 13.5. The monoisotopic (exact) mass is 304 g/mol. The van der Waals surface area contributed by atoms with E-state index in [1.807, 2.05) is 27.0 Å². The molecular formula is C17H21FN2O2. The lowest BCUT2D eigenvalue weighted by molar-refractivity contribution is 0.0292. The number of halogens is 1. The van der Waals surface area contributed by atoms with E-state index >= 15 is 0 Å². The van der Waals surface area contributed by atoms with E-state index in [4.69, 9.17) is 4.74 Å². The van der Waals surface area contributed by atoms with Gasteiger partial charge in [0.15, 0.2) is 0 Å². The Labute approximate surface area is 129 Å². The lowest BCUT2D eigenvalue weighted by atomic mass is 9.98. The molecular weight excluding hydrogens is 283 g/mol. The Morgan fingerprint density at radius 2 is 2.18 bits per heavy atom. The van der Waals surface area contributed by atoms with Crippen molar-refractivity contribution < 1.29 is 13.9 Å². The number of H-pyrrole nitrogens is 1. The lowest BCUT2D eigenvalue weighted by Gasteiger charge is -2.24. The molecule has 1 N–H and O–H groups in total. The number of nitrogens with one attached hydrogen (secondary N) is 1. The topological polar surface area (TPSA) is 45.3 Å². The third kappa shape index (κ3) is 2.93. The fourth-order valence-electron chi connectivity index (χ4n) is 2.96. The first kappa shape index (κ1) is 14.9. The Hall–Kier alpha value is -2.04. The fourth-order valence-corrected chi connectivity index (χ4v) is 2.96. The first-order valence-electron chi connectivity index (χ1n) is 7.58. The normalized spacial score (nSPS) is 18.9. The van der Waals surface area contributed by atoms with Crippen LogP contribution in [0.3, 0.4) is 0 Å². The average Bonchev–Trinajstić information content (AvgIpc) is 3.01. The molecule has 0 radical (unpaired) electrons. The molecule has 1 unspecified atom stereocenters. The average molecular weight is 304 g/mol. The lowest BCUT2D eigenvalue weighted by Crippen LogP contribution is -2.35. The van der Waals surface area contributed by atoms with Gasteiger partial charge in [0, 0.05) is 36.1 Å². The molecule has 0 saturated carbocycles. The number of hydrogen-bond donors (Lipinski definition) is 1. The SMILES string of the molecule is CC(C)(C)OC(=O)N1CCC(c2c[nH]c3ccc(F)cc23)C1. The molecule has 4 nitrogen and oxygen atoms in total. The summed E-state index contributed by atoms with van der Waals surface area (Å²) in [6.07, 6.45) is 2.51. The Bertz CT molecular complexity index is 702. The third-order valence-electron chi connectivity index (χ3n) is 3.96. The van der Waals surface area contributed by atoms with Gasteiger partial charge in [-0.15, -0.1) is 0 Å². The van der Waals surface area contributed by atoms with Crippen molar-refractivity contribution >= 4 is 17.0 Å². The summed E-state index contributed by atoms with van der Waals surface area (Å²) in [6, 6.07) is 4.75. The summed E-state index contributed by atoms with van der Waals surface area (Å²) < 4.78 is 18.9. The van der Waals surface area contributed by atoms with Gasteiger partial charge in [0.2, 0.25) is 0 Å². The van der Waals surface area contributed by atoms with Crippen LogP contribution in [0.1, 0.15) is 38.7 Å². The highest BCUT2D eigenvalue weighted by molar-refractivity contribution is 5.84. The molecule has 2 heterocycles. The number of hydrogen-bond acceptors (Lipinski definition) is 2. The minimum atomic E-state index is -0.487. The second-order valence-electron chi connectivity index (χ2n) is 6.85. The van der Waals surface area contributed by atoms with Crippen molar-refractivity contribution in [1.82, 2.24) is 9.88 Å². The maximum atomic E-state index is 13.5. The Kier molecular flexibility index (Phi) is 3.59. The number of carbonyl (C=O) groups is 1. The molecule has 22 heavy (non-hydrogen) atoms. The largest absolute Gasteiger partial charge is 0.444 e. The number of likely N-dealkylation sites (tertiary alicyclic amines) is 1. The summed E-state index contributed by atoms with van der Waals surface area (Å²) in [5.74, 6) is -0.0292. The summed E-state index contributed by atoms with van der Waals surface area (Å²) in [7, 11) is 0. The minimum Gasteiger partial charge on any atom is -0.444 e. The van der Waals surface area contributed by atoms with Crippen molar-refractivity contribution in [3.05, 3.63) is 35.8 Å². The molecule has 1 aromatic carbocycles. The van der Waals surface area contributed by atoms with E-state index in [0.717, 1.165) is 22.9 Å². The molecule has 0 spiro atoms. The van der Waals surface area contributed by atoms with Gasteiger partial charge in [0.1, 0.15) is 11.4 Å². The van der Waals surface area contributed by atoms with Crippen molar-refractivity contribution in [1.29, 1.82) is 0 Å². The summed E-state index contributed by atoms with van der Waals surface area (Å²) >= 11 is 0. The van der Waals surface area contributed by atoms with Crippen LogP contribution in [-0.2, 0) is 4.74 Å². The van der Waals surface area contributed by atoms with Gasteiger partial charge in [-0.2, -0.15) is 0 Å². The number of nitrogens with zero attached hydrogens (tertiary/aromatic N) is 1. The standard InChI is InChI=1S/C17H21FN2O2/c1-17(2,3)22-16(21)20-7-6-11(10-20)14-9-19-15-5-4-12(18)8-13(14)15/h4-5,8-9,11,19H,6-7,10H2,1-3H3. The Morgan fingerprint density at radius 1 is 1.41 bits per heavy atom. The van der Waals surface area contributed by atoms with Crippen LogP contribution in [0.5, 0.6) is 0 Å². The molecule has 1 saturated heterocycles. The molecule has 1 aliphatic heterocycles. The van der Waals surface area contributed by atoms with Gasteiger partial charge >= 0.3 is 6.09 Å². The van der Waals surface area contributed by atoms with E-state index in [1.54, 1.807) is 17.0 Å². The Balaban J connectivity index is 1.77. The van der Waals surface area contributed by atoms with Crippen LogP contribution >= 0.6 is 0 Å². The summed E-state index contributed by atoms with van der Waals surface area (Å²) in [5.41, 5.74) is 1.51. The molecule has 3 rings (SSSR count). The van der Waals surface area contributed by atoms with E-state index in [-0.39, 0.29) is 17.8 Å². The second kappa shape index (κ2) is 5.30. The number of rotatable bonds is 1. The highest BCUT2D eigenvalue weighted by Gasteiger charge is 2.31. The van der Waals surface area contributed by atoms with E-state index in [2.05, 4.69) is 4.98 Å². The zero-order valence-electron chi connectivity index (χ0n) is 13.1. The number of aromatic amines is 1. The first-order chi connectivity index (χ1) is 10.3. The number of ether oxygens (including phenoxy) is 1. The highest BCUT2D eigenvalue weighted by Crippen LogP contribution is 2.33. The molecule has 2 aromatic rings. The van der Waals surface area contributed by atoms with Crippen molar-refractivity contribution in [2.75, 3.05) is 13.1 Å². The van der Waals surface area contributed by atoms with E-state index in [1.165, 1.54) is 6.07 Å². The van der Waals surface area contributed by atoms with Crippen LogP contribution in [0.25, 0.3) is 10.9 Å². The number of benzene rings is 1. The van der Waals surface area contributed by atoms with Crippen molar-refractivity contribution in [3.63, 3.8) is 0 Å². The number of fused-ring (bicyclic) bond motifs is 1. The molecule has 1 atom stereocenters. The molecule has 5 heteroatoms. The van der Waals surface area contributed by atoms with Crippen molar-refractivity contribution in [2.45, 2.75) is 38.7 Å². The molecule has 1 aromatic heterocycles. The summed E-state index contributed by atoms with van der Waals surface area (Å²) in [4.78, 5) is 17.0. The van der Waals surface area contributed by atoms with Gasteiger partial charge in [-0.05, 0) is 51.0 Å². The maximum Gasteiger partial charge on any atom is 0.410 e. The highest BCUT2D eigenvalue weighted by atomic mass is 19.1. The number of carbonyl (C=O) groups excluding carboxylic acids is 1. The van der Waals surface area contributed by atoms with Crippen LogP contribution < -0.4 is 0 Å². The second-order valence-corrected chi connectivity index (χ2v) is 6.85. The van der Waals surface area contributed by atoms with Crippen LogP contribution in [0, 0.1) is 5.82 Å². The van der Waals surface area contributed by atoms with Crippen LogP contribution in [-0.4, -0.2) is 34.7 Å². The molecule has 118 valence electrons. The van der Waals surface area contributed by atoms with Crippen LogP contribution in [0.15, 0.2) is 24.4 Å². The third-order valence-corrected chi connectivity index (χ3v) is 3.96. The van der Waals surface area contributed by atoms with E-state index in [9.17, 15) is 9.18 Å². The molecule has 1 amide bonds. The van der Waals surface area contributed by atoms with E-state index < -0.39 is 5.60 Å². The molecule has 1 aliphatic rings. The summed E-state index contributed by atoms with van der Waals surface area (Å²) in [5, 5.41) is 0.899. The van der Waals surface area contributed by atoms with Gasteiger partial charge in [-0.25, -0.2) is 9.18 Å². The zero-order valence-corrected chi connectivity index (χ0v) is 13.1. The van der Waals surface area contributed by atoms with Crippen LogP contribution in [0.2, 0.25) is 0 Å². The Morgan fingerprint density at radius 3 is 2.91 bits per heavy atom. The number of aromatic nitrogens is 1. The minimum absolute atomic E-state index is 0.211. The summed E-state index contributed by atoms with van der Waals surface area (Å²) in [6.45, 7) is 6.86. The zero-order chi connectivity index (χ0) is 15.9. The number of amides is 1. The molecule has 1 fully saturated rings. The quantitative estimate of drug-likeness (QED) is 0.864. The van der Waals surface area contributed by atoms with Gasteiger partial charge in [-0.3, -0.25) is 0 Å². The smallest absolute Gasteiger partial charge is 0.410 e. The van der Waals surface area contributed by atoms with E-state index in [0.29, 0.717) is 13.1 Å². The van der Waals surface area contributed by atoms with Gasteiger partial charge in [-0.1, -0.05) is 0 Å². The van der Waals surface area contributed by atoms with Gasteiger partial charge in [0.25, 0.3) is 0 Å². The van der Waals surface area contributed by atoms with Gasteiger partial charge in [0.05, 0.1) is 0 Å². The molecule has 0 aliphatic carbocycles. The van der Waals surface area contributed by atoms with Crippen molar-refractivity contribution in [2.24, 2.45) is 0 Å². The fraction of sp³-hybridized carbons (Fsp3) is 0.471. The van der Waals surface area contributed by atoms with Gasteiger partial charge < -0.3 is 14.6 Å². The van der Waals surface area contributed by atoms with Crippen molar-refractivity contribution in [3.8, 4) is 0 Å². The predicted molar refractivity (Wildman–Crippen MR) is 83.4 cm³/mol. The predicted octanol–water partition coefficient (Wildman–Crippen LogP) is 4.03.